The fourth-order valence-corrected chi connectivity index (χ4v) is 6.27. The van der Waals surface area contributed by atoms with Gasteiger partial charge >= 0.3 is 0 Å². The Labute approximate surface area is 293 Å². The van der Waals surface area contributed by atoms with Crippen LogP contribution in [0.3, 0.4) is 0 Å². The number of aromatic nitrogens is 1. The molecule has 0 aliphatic heterocycles. The first-order chi connectivity index (χ1) is 23.6. The summed E-state index contributed by atoms with van der Waals surface area (Å²) in [6.07, 6.45) is 16.0. The molecule has 0 aliphatic rings. The van der Waals surface area contributed by atoms with Crippen molar-refractivity contribution in [2.45, 2.75) is 47.0 Å². The molecule has 246 valence electrons. The van der Waals surface area contributed by atoms with Crippen molar-refractivity contribution in [1.82, 2.24) is 4.57 Å². The van der Waals surface area contributed by atoms with Gasteiger partial charge in [0, 0.05) is 33.4 Å². The Hall–Kier alpha value is -5.60. The van der Waals surface area contributed by atoms with Crippen molar-refractivity contribution < 1.29 is 0 Å². The molecule has 2 heteroatoms. The van der Waals surface area contributed by atoms with Crippen LogP contribution in [0.2, 0.25) is 0 Å². The summed E-state index contributed by atoms with van der Waals surface area (Å²) in [4.78, 5) is 0. The molecular formula is C47H48N2. The Kier molecular flexibility index (Phi) is 10.7. The minimum absolute atomic E-state index is 0.0514. The lowest BCUT2D eigenvalue weighted by Crippen LogP contribution is -2.10. The molecular weight excluding hydrogens is 593 g/mol. The monoisotopic (exact) mass is 640 g/mol. The van der Waals surface area contributed by atoms with Gasteiger partial charge in [-0.3, -0.25) is 0 Å². The molecule has 4 aromatic carbocycles. The molecule has 0 aliphatic carbocycles. The van der Waals surface area contributed by atoms with Gasteiger partial charge in [0.1, 0.15) is 0 Å². The van der Waals surface area contributed by atoms with Gasteiger partial charge in [-0.1, -0.05) is 132 Å². The summed E-state index contributed by atoms with van der Waals surface area (Å²) in [6, 6.07) is 33.0. The number of nitrogens with zero attached hydrogens (tertiary/aromatic N) is 1. The summed E-state index contributed by atoms with van der Waals surface area (Å²) >= 11 is 0. The van der Waals surface area contributed by atoms with E-state index in [-0.39, 0.29) is 5.41 Å². The van der Waals surface area contributed by atoms with Gasteiger partial charge in [0.2, 0.25) is 0 Å². The van der Waals surface area contributed by atoms with E-state index in [9.17, 15) is 0 Å². The van der Waals surface area contributed by atoms with Crippen LogP contribution in [0.4, 0.5) is 5.69 Å². The number of hydrogen-bond donors (Lipinski definition) is 1. The van der Waals surface area contributed by atoms with Gasteiger partial charge in [-0.25, -0.2) is 0 Å². The number of anilines is 1. The fourth-order valence-electron chi connectivity index (χ4n) is 6.27. The van der Waals surface area contributed by atoms with E-state index in [2.05, 4.69) is 167 Å². The number of hydrogen-bond acceptors (Lipinski definition) is 1. The van der Waals surface area contributed by atoms with E-state index in [1.54, 1.807) is 0 Å². The molecule has 0 saturated carbocycles. The van der Waals surface area contributed by atoms with E-state index in [0.717, 1.165) is 44.9 Å². The Morgan fingerprint density at radius 2 is 1.35 bits per heavy atom. The number of nitrogens with one attached hydrogen (secondary N) is 1. The van der Waals surface area contributed by atoms with Crippen molar-refractivity contribution in [3.63, 3.8) is 0 Å². The molecule has 2 nitrogen and oxygen atoms in total. The number of rotatable bonds is 11. The van der Waals surface area contributed by atoms with Crippen LogP contribution in [-0.4, -0.2) is 4.57 Å². The highest BCUT2D eigenvalue weighted by Gasteiger charge is 2.18. The molecule has 1 heterocycles. The van der Waals surface area contributed by atoms with Gasteiger partial charge in [0.25, 0.3) is 0 Å². The zero-order chi connectivity index (χ0) is 35.1. The van der Waals surface area contributed by atoms with Crippen molar-refractivity contribution in [3.05, 3.63) is 193 Å². The molecule has 0 radical (unpaired) electrons. The third-order valence-electron chi connectivity index (χ3n) is 8.84. The third kappa shape index (κ3) is 7.60. The molecule has 0 spiro atoms. The normalized spacial score (nSPS) is 13.3. The van der Waals surface area contributed by atoms with Crippen molar-refractivity contribution in [2.24, 2.45) is 0 Å². The number of fused-ring (bicyclic) bond motifs is 3. The maximum Gasteiger partial charge on any atom is 0.0541 e. The zero-order valence-electron chi connectivity index (χ0n) is 29.8. The van der Waals surface area contributed by atoms with Crippen LogP contribution < -0.4 is 5.32 Å². The second-order valence-electron chi connectivity index (χ2n) is 13.3. The Bertz CT molecular complexity index is 2180. The van der Waals surface area contributed by atoms with Crippen molar-refractivity contribution >= 4 is 27.5 Å². The van der Waals surface area contributed by atoms with Crippen LogP contribution >= 0.6 is 0 Å². The van der Waals surface area contributed by atoms with E-state index < -0.39 is 0 Å². The second-order valence-corrected chi connectivity index (χ2v) is 13.3. The zero-order valence-corrected chi connectivity index (χ0v) is 29.8. The average Bonchev–Trinajstić information content (AvgIpc) is 3.42. The highest BCUT2D eigenvalue weighted by molar-refractivity contribution is 6.10. The van der Waals surface area contributed by atoms with Crippen LogP contribution in [0.25, 0.3) is 38.6 Å². The lowest BCUT2D eigenvalue weighted by Gasteiger charge is -2.19. The SMILES string of the molecule is C=C/C(=C/C=C(/C=C\C)C(\C=C)=C(\C)Nc1cccc(-c2ccc3c(c2)c2cc(C(C)(C)C)ccc2n3-c2ccccc2)c1)C(=C)/C=C\C. The predicted octanol–water partition coefficient (Wildman–Crippen LogP) is 13.4. The topological polar surface area (TPSA) is 17.0 Å². The molecule has 5 rings (SSSR count). The predicted molar refractivity (Wildman–Crippen MR) is 217 cm³/mol. The second kappa shape index (κ2) is 15.1. The largest absolute Gasteiger partial charge is 0.359 e. The lowest BCUT2D eigenvalue weighted by molar-refractivity contribution is 0.591. The summed E-state index contributed by atoms with van der Waals surface area (Å²) in [5, 5.41) is 6.18. The minimum Gasteiger partial charge on any atom is -0.359 e. The quantitative estimate of drug-likeness (QED) is 0.142. The molecule has 1 N–H and O–H groups in total. The van der Waals surface area contributed by atoms with Crippen molar-refractivity contribution in [1.29, 1.82) is 0 Å². The van der Waals surface area contributed by atoms with Crippen LogP contribution in [0, 0.1) is 0 Å². The Morgan fingerprint density at radius 3 is 2.00 bits per heavy atom. The first-order valence-corrected chi connectivity index (χ1v) is 16.9. The molecule has 0 saturated heterocycles. The van der Waals surface area contributed by atoms with Crippen molar-refractivity contribution in [3.8, 4) is 16.8 Å². The van der Waals surface area contributed by atoms with Gasteiger partial charge in [0.15, 0.2) is 0 Å². The highest BCUT2D eigenvalue weighted by atomic mass is 15.0. The summed E-state index contributed by atoms with van der Waals surface area (Å²) in [5.74, 6) is 0. The Morgan fingerprint density at radius 1 is 0.694 bits per heavy atom. The van der Waals surface area contributed by atoms with Gasteiger partial charge in [0.05, 0.1) is 11.0 Å². The molecule has 1 aromatic heterocycles. The van der Waals surface area contributed by atoms with Crippen LogP contribution in [0.5, 0.6) is 0 Å². The maximum absolute atomic E-state index is 4.17. The first-order valence-electron chi connectivity index (χ1n) is 16.9. The number of para-hydroxylation sites is 1. The van der Waals surface area contributed by atoms with Crippen LogP contribution in [0.1, 0.15) is 47.1 Å². The minimum atomic E-state index is 0.0514. The number of benzene rings is 4. The van der Waals surface area contributed by atoms with Crippen molar-refractivity contribution in [2.75, 3.05) is 5.32 Å². The molecule has 0 bridgehead atoms. The lowest BCUT2D eigenvalue weighted by atomic mass is 9.86. The van der Waals surface area contributed by atoms with Gasteiger partial charge in [-0.05, 0) is 108 Å². The maximum atomic E-state index is 4.17. The Balaban J connectivity index is 1.57. The van der Waals surface area contributed by atoms with E-state index in [1.165, 1.54) is 32.9 Å². The molecule has 0 unspecified atom stereocenters. The smallest absolute Gasteiger partial charge is 0.0541 e. The first kappa shape index (κ1) is 34.7. The molecule has 0 fully saturated rings. The van der Waals surface area contributed by atoms with Crippen LogP contribution in [-0.2, 0) is 5.41 Å². The van der Waals surface area contributed by atoms with Gasteiger partial charge in [-0.2, -0.15) is 0 Å². The van der Waals surface area contributed by atoms with E-state index >= 15 is 0 Å². The molecule has 5 aromatic rings. The number of allylic oxidation sites excluding steroid dienone is 13. The van der Waals surface area contributed by atoms with E-state index in [0.29, 0.717) is 0 Å². The van der Waals surface area contributed by atoms with Gasteiger partial charge < -0.3 is 9.88 Å². The fraction of sp³-hybridized carbons (Fsp3) is 0.149. The van der Waals surface area contributed by atoms with Gasteiger partial charge in [-0.15, -0.1) is 0 Å². The highest BCUT2D eigenvalue weighted by Crippen LogP contribution is 2.37. The summed E-state index contributed by atoms with van der Waals surface area (Å²) in [7, 11) is 0. The molecule has 0 atom stereocenters. The average molecular weight is 641 g/mol. The third-order valence-corrected chi connectivity index (χ3v) is 8.84. The summed E-state index contributed by atoms with van der Waals surface area (Å²) < 4.78 is 2.38. The van der Waals surface area contributed by atoms with Crippen LogP contribution in [0.15, 0.2) is 187 Å². The summed E-state index contributed by atoms with van der Waals surface area (Å²) in [5.41, 5.74) is 13.3. The molecule has 0 amide bonds. The standard InChI is InChI=1S/C47H48N2/c1-10-18-33(5)35(12-3)24-25-36(19-11-2)42(13-4)34(6)48-40-21-17-20-37(30-40)38-26-28-45-43(31-38)44-32-39(47(7,8)9)27-29-46(44)49(45)41-22-15-14-16-23-41/h10-32,48H,3-5H2,1-2,6-9H3/b18-10-,19-11-,35-24-,36-25-,42-34-. The van der Waals surface area contributed by atoms with E-state index in [4.69, 9.17) is 0 Å². The summed E-state index contributed by atoms with van der Waals surface area (Å²) in [6.45, 7) is 25.2. The van der Waals surface area contributed by atoms with E-state index in [1.807, 2.05) is 44.2 Å². The molecule has 49 heavy (non-hydrogen) atoms.